The standard InChI is InChI=1S/C11H11N3O2/c1-14(2)11(15)9-7-10(16-13-9)8-3-5-12-6-4-8/h3-7H,1-2H3. The summed E-state index contributed by atoms with van der Waals surface area (Å²) in [6.45, 7) is 0. The first-order chi connectivity index (χ1) is 7.68. The number of rotatable bonds is 2. The van der Waals surface area contributed by atoms with Gasteiger partial charge in [0.15, 0.2) is 11.5 Å². The second kappa shape index (κ2) is 4.14. The van der Waals surface area contributed by atoms with Crippen molar-refractivity contribution >= 4 is 5.91 Å². The Hall–Kier alpha value is -2.17. The summed E-state index contributed by atoms with van der Waals surface area (Å²) in [5.41, 5.74) is 1.15. The lowest BCUT2D eigenvalue weighted by atomic mass is 10.2. The Kier molecular flexibility index (Phi) is 2.68. The maximum absolute atomic E-state index is 11.6. The summed E-state index contributed by atoms with van der Waals surface area (Å²) in [5, 5.41) is 3.73. The predicted octanol–water partition coefficient (Wildman–Crippen LogP) is 1.44. The van der Waals surface area contributed by atoms with E-state index >= 15 is 0 Å². The fourth-order valence-electron chi connectivity index (χ4n) is 1.26. The first kappa shape index (κ1) is 10.4. The molecule has 2 rings (SSSR count). The molecule has 82 valence electrons. The van der Waals surface area contributed by atoms with Crippen molar-refractivity contribution in [3.8, 4) is 11.3 Å². The van der Waals surface area contributed by atoms with Crippen LogP contribution in [0.1, 0.15) is 10.5 Å². The highest BCUT2D eigenvalue weighted by atomic mass is 16.5. The molecular weight excluding hydrogens is 206 g/mol. The highest BCUT2D eigenvalue weighted by Gasteiger charge is 2.14. The maximum atomic E-state index is 11.6. The minimum Gasteiger partial charge on any atom is -0.355 e. The number of amides is 1. The zero-order valence-corrected chi connectivity index (χ0v) is 9.04. The first-order valence-corrected chi connectivity index (χ1v) is 4.77. The van der Waals surface area contributed by atoms with Gasteiger partial charge in [0, 0.05) is 38.1 Å². The third-order valence-electron chi connectivity index (χ3n) is 2.10. The van der Waals surface area contributed by atoms with Crippen LogP contribution in [0.25, 0.3) is 11.3 Å². The molecule has 0 saturated heterocycles. The van der Waals surface area contributed by atoms with E-state index in [-0.39, 0.29) is 5.91 Å². The van der Waals surface area contributed by atoms with E-state index in [0.29, 0.717) is 11.5 Å². The molecule has 0 aliphatic heterocycles. The lowest BCUT2D eigenvalue weighted by Crippen LogP contribution is -2.21. The summed E-state index contributed by atoms with van der Waals surface area (Å²) < 4.78 is 5.10. The number of carbonyl (C=O) groups excluding carboxylic acids is 1. The molecule has 1 amide bonds. The Morgan fingerprint density at radius 3 is 2.62 bits per heavy atom. The Balaban J connectivity index is 2.30. The molecule has 0 unspecified atom stereocenters. The van der Waals surface area contributed by atoms with E-state index in [9.17, 15) is 4.79 Å². The first-order valence-electron chi connectivity index (χ1n) is 4.77. The van der Waals surface area contributed by atoms with Crippen molar-refractivity contribution in [2.24, 2.45) is 0 Å². The minimum atomic E-state index is -0.177. The number of hydrogen-bond acceptors (Lipinski definition) is 4. The summed E-state index contributed by atoms with van der Waals surface area (Å²) in [6, 6.07) is 5.21. The fourth-order valence-corrected chi connectivity index (χ4v) is 1.26. The van der Waals surface area contributed by atoms with Gasteiger partial charge in [-0.25, -0.2) is 0 Å². The second-order valence-electron chi connectivity index (χ2n) is 3.51. The van der Waals surface area contributed by atoms with E-state index in [1.54, 1.807) is 44.7 Å². The van der Waals surface area contributed by atoms with Crippen LogP contribution < -0.4 is 0 Å². The molecule has 0 N–H and O–H groups in total. The Labute approximate surface area is 92.7 Å². The van der Waals surface area contributed by atoms with Crippen LogP contribution in [0.15, 0.2) is 35.1 Å². The molecule has 0 fully saturated rings. The van der Waals surface area contributed by atoms with Gasteiger partial charge in [-0.05, 0) is 12.1 Å². The van der Waals surface area contributed by atoms with Crippen molar-refractivity contribution in [1.29, 1.82) is 0 Å². The van der Waals surface area contributed by atoms with Crippen LogP contribution in [0.3, 0.4) is 0 Å². The highest BCUT2D eigenvalue weighted by molar-refractivity contribution is 5.92. The molecular formula is C11H11N3O2. The van der Waals surface area contributed by atoms with E-state index in [2.05, 4.69) is 10.1 Å². The van der Waals surface area contributed by atoms with Gasteiger partial charge in [-0.1, -0.05) is 5.16 Å². The molecule has 0 aliphatic rings. The Morgan fingerprint density at radius 2 is 2.00 bits per heavy atom. The molecule has 0 spiro atoms. The molecule has 5 heteroatoms. The van der Waals surface area contributed by atoms with Gasteiger partial charge in [-0.3, -0.25) is 9.78 Å². The van der Waals surface area contributed by atoms with E-state index in [1.807, 2.05) is 0 Å². The second-order valence-corrected chi connectivity index (χ2v) is 3.51. The molecule has 5 nitrogen and oxygen atoms in total. The Morgan fingerprint density at radius 1 is 1.31 bits per heavy atom. The third kappa shape index (κ3) is 1.93. The van der Waals surface area contributed by atoms with Crippen molar-refractivity contribution < 1.29 is 9.32 Å². The molecule has 0 aliphatic carbocycles. The molecule has 2 aromatic rings. The number of carbonyl (C=O) groups is 1. The third-order valence-corrected chi connectivity index (χ3v) is 2.10. The minimum absolute atomic E-state index is 0.177. The van der Waals surface area contributed by atoms with Crippen LogP contribution >= 0.6 is 0 Å². The normalized spacial score (nSPS) is 10.1. The van der Waals surface area contributed by atoms with Crippen molar-refractivity contribution in [2.75, 3.05) is 14.1 Å². The van der Waals surface area contributed by atoms with Crippen LogP contribution in [0, 0.1) is 0 Å². The van der Waals surface area contributed by atoms with Gasteiger partial charge in [-0.2, -0.15) is 0 Å². The van der Waals surface area contributed by atoms with Crippen molar-refractivity contribution in [1.82, 2.24) is 15.0 Å². The maximum Gasteiger partial charge on any atom is 0.275 e. The van der Waals surface area contributed by atoms with Gasteiger partial charge in [0.25, 0.3) is 5.91 Å². The molecule has 0 bridgehead atoms. The quantitative estimate of drug-likeness (QED) is 0.763. The lowest BCUT2D eigenvalue weighted by Gasteiger charge is -2.05. The van der Waals surface area contributed by atoms with Crippen LogP contribution in [0.5, 0.6) is 0 Å². The topological polar surface area (TPSA) is 59.2 Å². The van der Waals surface area contributed by atoms with Gasteiger partial charge in [-0.15, -0.1) is 0 Å². The predicted molar refractivity (Wildman–Crippen MR) is 57.8 cm³/mol. The van der Waals surface area contributed by atoms with Crippen molar-refractivity contribution in [2.45, 2.75) is 0 Å². The number of hydrogen-bond donors (Lipinski definition) is 0. The molecule has 0 atom stereocenters. The molecule has 2 aromatic heterocycles. The van der Waals surface area contributed by atoms with Gasteiger partial charge in [0.05, 0.1) is 0 Å². The van der Waals surface area contributed by atoms with E-state index in [4.69, 9.17) is 4.52 Å². The van der Waals surface area contributed by atoms with Gasteiger partial charge in [0.2, 0.25) is 0 Å². The lowest BCUT2D eigenvalue weighted by molar-refractivity contribution is 0.0817. The fraction of sp³-hybridized carbons (Fsp3) is 0.182. The van der Waals surface area contributed by atoms with E-state index in [1.165, 1.54) is 4.90 Å². The average Bonchev–Trinajstić information content (AvgIpc) is 2.78. The van der Waals surface area contributed by atoms with Gasteiger partial charge < -0.3 is 9.42 Å². The number of nitrogens with zero attached hydrogens (tertiary/aromatic N) is 3. The van der Waals surface area contributed by atoms with Crippen LogP contribution in [0.2, 0.25) is 0 Å². The zero-order chi connectivity index (χ0) is 11.5. The van der Waals surface area contributed by atoms with Crippen molar-refractivity contribution in [3.05, 3.63) is 36.3 Å². The molecule has 0 saturated carbocycles. The number of aromatic nitrogens is 2. The summed E-state index contributed by atoms with van der Waals surface area (Å²) in [6.07, 6.45) is 3.32. The zero-order valence-electron chi connectivity index (χ0n) is 9.04. The summed E-state index contributed by atoms with van der Waals surface area (Å²) in [5.74, 6) is 0.386. The average molecular weight is 217 g/mol. The molecule has 0 aromatic carbocycles. The largest absolute Gasteiger partial charge is 0.355 e. The van der Waals surface area contributed by atoms with E-state index < -0.39 is 0 Å². The van der Waals surface area contributed by atoms with Gasteiger partial charge >= 0.3 is 0 Å². The number of pyridine rings is 1. The van der Waals surface area contributed by atoms with Gasteiger partial charge in [0.1, 0.15) is 0 Å². The van der Waals surface area contributed by atoms with Crippen LogP contribution in [0.4, 0.5) is 0 Å². The monoisotopic (exact) mass is 217 g/mol. The summed E-state index contributed by atoms with van der Waals surface area (Å²) in [7, 11) is 3.34. The summed E-state index contributed by atoms with van der Waals surface area (Å²) in [4.78, 5) is 16.9. The smallest absolute Gasteiger partial charge is 0.275 e. The highest BCUT2D eigenvalue weighted by Crippen LogP contribution is 2.19. The van der Waals surface area contributed by atoms with Crippen LogP contribution in [-0.4, -0.2) is 35.0 Å². The molecule has 0 radical (unpaired) electrons. The van der Waals surface area contributed by atoms with Crippen LogP contribution in [-0.2, 0) is 0 Å². The Bertz CT molecular complexity index is 491. The van der Waals surface area contributed by atoms with E-state index in [0.717, 1.165) is 5.56 Å². The van der Waals surface area contributed by atoms with Crippen molar-refractivity contribution in [3.63, 3.8) is 0 Å². The SMILES string of the molecule is CN(C)C(=O)c1cc(-c2ccncc2)on1. The molecule has 16 heavy (non-hydrogen) atoms. The summed E-state index contributed by atoms with van der Waals surface area (Å²) >= 11 is 0. The molecule has 2 heterocycles.